The van der Waals surface area contributed by atoms with Gasteiger partial charge in [-0.15, -0.1) is 11.3 Å². The van der Waals surface area contributed by atoms with E-state index in [-0.39, 0.29) is 0 Å². The molecule has 0 amide bonds. The van der Waals surface area contributed by atoms with Gasteiger partial charge in [-0.25, -0.2) is 15.0 Å². The van der Waals surface area contributed by atoms with Gasteiger partial charge in [0, 0.05) is 27.6 Å². The normalized spacial score (nSPS) is 11.6. The molecule has 10 rings (SSSR count). The lowest BCUT2D eigenvalue weighted by Gasteiger charge is -2.09. The summed E-state index contributed by atoms with van der Waals surface area (Å²) in [4.78, 5) is 16.0. The van der Waals surface area contributed by atoms with Crippen LogP contribution in [0.2, 0.25) is 0 Å². The Labute approximate surface area is 292 Å². The van der Waals surface area contributed by atoms with Gasteiger partial charge < -0.3 is 0 Å². The Morgan fingerprint density at radius 3 is 1.60 bits per heavy atom. The third kappa shape index (κ3) is 4.79. The van der Waals surface area contributed by atoms with Crippen LogP contribution in [0.5, 0.6) is 0 Å². The van der Waals surface area contributed by atoms with E-state index in [4.69, 9.17) is 15.0 Å². The molecule has 0 radical (unpaired) electrons. The van der Waals surface area contributed by atoms with Gasteiger partial charge in [-0.3, -0.25) is 4.40 Å². The van der Waals surface area contributed by atoms with Crippen molar-refractivity contribution in [1.82, 2.24) is 19.4 Å². The summed E-state index contributed by atoms with van der Waals surface area (Å²) >= 11 is 1.84. The zero-order valence-corrected chi connectivity index (χ0v) is 27.7. The molecule has 0 unspecified atom stereocenters. The van der Waals surface area contributed by atoms with E-state index in [0.717, 1.165) is 22.3 Å². The summed E-state index contributed by atoms with van der Waals surface area (Å²) in [6.45, 7) is 0. The molecule has 5 heteroatoms. The zero-order valence-electron chi connectivity index (χ0n) is 26.9. The van der Waals surface area contributed by atoms with Crippen molar-refractivity contribution in [1.29, 1.82) is 0 Å². The van der Waals surface area contributed by atoms with Crippen molar-refractivity contribution in [3.05, 3.63) is 170 Å². The molecule has 3 aromatic heterocycles. The van der Waals surface area contributed by atoms with E-state index in [1.165, 1.54) is 53.4 Å². The second kappa shape index (κ2) is 11.6. The van der Waals surface area contributed by atoms with Crippen LogP contribution < -0.4 is 0 Å². The summed E-state index contributed by atoms with van der Waals surface area (Å²) in [5, 5.41) is 3.73. The lowest BCUT2D eigenvalue weighted by molar-refractivity contribution is 1.07. The first-order chi connectivity index (χ1) is 24.8. The first kappa shape index (κ1) is 28.6. The maximum atomic E-state index is 4.96. The highest BCUT2D eigenvalue weighted by Gasteiger charge is 2.20. The van der Waals surface area contributed by atoms with Crippen LogP contribution in [0.3, 0.4) is 0 Å². The summed E-state index contributed by atoms with van der Waals surface area (Å²) in [5.74, 6) is 1.96. The summed E-state index contributed by atoms with van der Waals surface area (Å²) < 4.78 is 3.69. The molecule has 0 N–H and O–H groups in total. The number of para-hydroxylation sites is 1. The summed E-state index contributed by atoms with van der Waals surface area (Å²) in [6.07, 6.45) is 0. The predicted molar refractivity (Wildman–Crippen MR) is 208 cm³/mol. The Balaban J connectivity index is 1.14. The molecular weight excluding hydrogens is 629 g/mol. The van der Waals surface area contributed by atoms with Gasteiger partial charge in [0.2, 0.25) is 0 Å². The molecule has 0 aliphatic heterocycles. The van der Waals surface area contributed by atoms with Crippen molar-refractivity contribution in [2.75, 3.05) is 0 Å². The third-order valence-corrected chi connectivity index (χ3v) is 10.6. The minimum absolute atomic E-state index is 0.650. The van der Waals surface area contributed by atoms with Gasteiger partial charge in [0.25, 0.3) is 0 Å². The van der Waals surface area contributed by atoms with Crippen LogP contribution >= 0.6 is 11.3 Å². The minimum Gasteiger partial charge on any atom is -0.299 e. The third-order valence-electron chi connectivity index (χ3n) is 9.45. The second-order valence-corrected chi connectivity index (χ2v) is 13.5. The number of hydrogen-bond donors (Lipinski definition) is 0. The van der Waals surface area contributed by atoms with E-state index < -0.39 is 0 Å². The van der Waals surface area contributed by atoms with E-state index in [9.17, 15) is 0 Å². The molecule has 3 heterocycles. The molecular formula is C45H28N4S. The van der Waals surface area contributed by atoms with Gasteiger partial charge in [-0.2, -0.15) is 0 Å². The molecule has 0 fully saturated rings. The zero-order chi connectivity index (χ0) is 33.0. The molecule has 50 heavy (non-hydrogen) atoms. The fraction of sp³-hybridized carbons (Fsp3) is 0. The van der Waals surface area contributed by atoms with E-state index in [0.29, 0.717) is 17.5 Å². The fourth-order valence-corrected chi connectivity index (χ4v) is 8.22. The number of aromatic nitrogens is 4. The van der Waals surface area contributed by atoms with Crippen molar-refractivity contribution in [3.63, 3.8) is 0 Å². The largest absolute Gasteiger partial charge is 0.299 e. The fourth-order valence-electron chi connectivity index (χ4n) is 6.99. The second-order valence-electron chi connectivity index (χ2n) is 12.5. The molecule has 0 atom stereocenters. The van der Waals surface area contributed by atoms with Gasteiger partial charge in [0.1, 0.15) is 4.83 Å². The van der Waals surface area contributed by atoms with Gasteiger partial charge in [0.15, 0.2) is 17.5 Å². The molecule has 10 aromatic rings. The van der Waals surface area contributed by atoms with Crippen molar-refractivity contribution in [2.45, 2.75) is 0 Å². The number of thiazole rings is 1. The van der Waals surface area contributed by atoms with Crippen LogP contribution in [-0.2, 0) is 0 Å². The van der Waals surface area contributed by atoms with Crippen LogP contribution in [0.15, 0.2) is 170 Å². The monoisotopic (exact) mass is 656 g/mol. The average molecular weight is 657 g/mol. The first-order valence-corrected chi connectivity index (χ1v) is 17.5. The van der Waals surface area contributed by atoms with Gasteiger partial charge >= 0.3 is 0 Å². The highest BCUT2D eigenvalue weighted by atomic mass is 32.1. The molecule has 0 spiro atoms. The highest BCUT2D eigenvalue weighted by Crippen LogP contribution is 2.43. The maximum Gasteiger partial charge on any atom is 0.164 e. The van der Waals surface area contributed by atoms with Crippen LogP contribution in [-0.4, -0.2) is 19.4 Å². The van der Waals surface area contributed by atoms with Gasteiger partial charge in [-0.1, -0.05) is 140 Å². The predicted octanol–water partition coefficient (Wildman–Crippen LogP) is 12.0. The maximum absolute atomic E-state index is 4.96. The Morgan fingerprint density at radius 2 is 0.900 bits per heavy atom. The van der Waals surface area contributed by atoms with E-state index in [1.807, 2.05) is 72.0 Å². The Kier molecular flexibility index (Phi) is 6.64. The molecule has 7 aromatic carbocycles. The first-order valence-electron chi connectivity index (χ1n) is 16.7. The number of rotatable bonds is 5. The summed E-state index contributed by atoms with van der Waals surface area (Å²) in [7, 11) is 0. The molecule has 0 bridgehead atoms. The van der Waals surface area contributed by atoms with Gasteiger partial charge in [-0.05, 0) is 57.8 Å². The smallest absolute Gasteiger partial charge is 0.164 e. The molecule has 0 aliphatic rings. The van der Waals surface area contributed by atoms with Gasteiger partial charge in [0.05, 0.1) is 15.7 Å². The standard InChI is InChI=1S/C45H28N4S/c1-3-12-31(13-4-1)42-46-43(32-14-5-2-6-15-32)48-44(47-42)33-22-20-30(21-23-33)41-37-28-36(35-24-19-29-11-7-8-16-34(29)27-35)25-26-38(37)49-39-17-9-10-18-40(39)50-45(41)49/h1-28H. The quantitative estimate of drug-likeness (QED) is 0.185. The molecule has 4 nitrogen and oxygen atoms in total. The van der Waals surface area contributed by atoms with Crippen LogP contribution in [0.25, 0.3) is 93.1 Å². The topological polar surface area (TPSA) is 43.1 Å². The molecule has 0 aliphatic carbocycles. The minimum atomic E-state index is 0.650. The Hall–Kier alpha value is -6.43. The van der Waals surface area contributed by atoms with Crippen molar-refractivity contribution >= 4 is 48.1 Å². The Morgan fingerprint density at radius 1 is 0.380 bits per heavy atom. The number of fused-ring (bicyclic) bond motifs is 6. The summed E-state index contributed by atoms with van der Waals surface area (Å²) in [6, 6.07) is 59.8. The number of benzene rings is 7. The lowest BCUT2D eigenvalue weighted by atomic mass is 9.97. The van der Waals surface area contributed by atoms with E-state index in [1.54, 1.807) is 0 Å². The molecule has 0 saturated heterocycles. The molecule has 0 saturated carbocycles. The molecule has 234 valence electrons. The van der Waals surface area contributed by atoms with Crippen molar-refractivity contribution < 1.29 is 0 Å². The highest BCUT2D eigenvalue weighted by molar-refractivity contribution is 7.24. The lowest BCUT2D eigenvalue weighted by Crippen LogP contribution is -2.00. The van der Waals surface area contributed by atoms with Crippen molar-refractivity contribution in [3.8, 4) is 56.4 Å². The summed E-state index contributed by atoms with van der Waals surface area (Å²) in [5.41, 5.74) is 10.1. The van der Waals surface area contributed by atoms with Crippen LogP contribution in [0.4, 0.5) is 0 Å². The van der Waals surface area contributed by atoms with E-state index >= 15 is 0 Å². The van der Waals surface area contributed by atoms with E-state index in [2.05, 4.69) is 114 Å². The van der Waals surface area contributed by atoms with Crippen LogP contribution in [0.1, 0.15) is 0 Å². The SMILES string of the molecule is c1ccc(-c2nc(-c3ccccc3)nc(-c3ccc(-c4c5cc(-c6ccc7ccccc7c6)ccc5n5c4sc4ccccc45)cc3)n2)cc1. The van der Waals surface area contributed by atoms with Crippen molar-refractivity contribution in [2.24, 2.45) is 0 Å². The van der Waals surface area contributed by atoms with Crippen LogP contribution in [0, 0.1) is 0 Å². The average Bonchev–Trinajstić information content (AvgIpc) is 3.72. The Bertz CT molecular complexity index is 2800. The number of nitrogens with zero attached hydrogens (tertiary/aromatic N) is 4. The number of hydrogen-bond acceptors (Lipinski definition) is 4.